The zero-order valence-corrected chi connectivity index (χ0v) is 12.5. The van der Waals surface area contributed by atoms with Crippen LogP contribution in [0.5, 0.6) is 0 Å². The molecule has 0 atom stereocenters. The van der Waals surface area contributed by atoms with Crippen LogP contribution in [-0.4, -0.2) is 17.4 Å². The van der Waals surface area contributed by atoms with Gasteiger partial charge in [-0.15, -0.1) is 0 Å². The Morgan fingerprint density at radius 2 is 2.00 bits per heavy atom. The van der Waals surface area contributed by atoms with Gasteiger partial charge in [0.1, 0.15) is 4.99 Å². The molecule has 4 heteroatoms. The van der Waals surface area contributed by atoms with Crippen LogP contribution >= 0.6 is 12.2 Å². The van der Waals surface area contributed by atoms with E-state index in [9.17, 15) is 4.79 Å². The Balaban J connectivity index is 1.76. The second-order valence-electron chi connectivity index (χ2n) is 5.49. The summed E-state index contributed by atoms with van der Waals surface area (Å²) in [6, 6.07) is 7.16. The molecule has 3 nitrogen and oxygen atoms in total. The summed E-state index contributed by atoms with van der Waals surface area (Å²) < 4.78 is 0. The molecule has 0 heterocycles. The van der Waals surface area contributed by atoms with Gasteiger partial charge in [0.25, 0.3) is 5.91 Å². The summed E-state index contributed by atoms with van der Waals surface area (Å²) in [5, 5.41) is 2.97. The standard InChI is InChI=1S/C16H22N2OS/c17-15(20)13-8-3-9-14(11-13)16(19)18-10-4-7-12-5-1-2-6-12/h3,8-9,11-12H,1-2,4-7,10H2,(H2,17,20)(H,18,19). The zero-order valence-electron chi connectivity index (χ0n) is 11.7. The first-order chi connectivity index (χ1) is 9.66. The van der Waals surface area contributed by atoms with Crippen LogP contribution in [0.25, 0.3) is 0 Å². The number of benzene rings is 1. The molecular formula is C16H22N2OS. The Hall–Kier alpha value is -1.42. The van der Waals surface area contributed by atoms with Crippen molar-refractivity contribution in [2.24, 2.45) is 11.7 Å². The van der Waals surface area contributed by atoms with Gasteiger partial charge in [0.2, 0.25) is 0 Å². The van der Waals surface area contributed by atoms with Crippen LogP contribution in [0.15, 0.2) is 24.3 Å². The molecule has 1 aliphatic carbocycles. The van der Waals surface area contributed by atoms with E-state index in [-0.39, 0.29) is 5.91 Å². The van der Waals surface area contributed by atoms with E-state index < -0.39 is 0 Å². The number of nitrogens with two attached hydrogens (primary N) is 1. The molecular weight excluding hydrogens is 268 g/mol. The maximum absolute atomic E-state index is 12.0. The van der Waals surface area contributed by atoms with Gasteiger partial charge >= 0.3 is 0 Å². The Morgan fingerprint density at radius 3 is 2.70 bits per heavy atom. The van der Waals surface area contributed by atoms with Crippen molar-refractivity contribution in [2.75, 3.05) is 6.54 Å². The highest BCUT2D eigenvalue weighted by Crippen LogP contribution is 2.28. The summed E-state index contributed by atoms with van der Waals surface area (Å²) in [5.41, 5.74) is 6.93. The van der Waals surface area contributed by atoms with E-state index in [1.807, 2.05) is 12.1 Å². The van der Waals surface area contributed by atoms with Crippen molar-refractivity contribution in [3.63, 3.8) is 0 Å². The van der Waals surface area contributed by atoms with E-state index in [1.54, 1.807) is 12.1 Å². The molecule has 0 bridgehead atoms. The van der Waals surface area contributed by atoms with Crippen LogP contribution in [0.2, 0.25) is 0 Å². The van der Waals surface area contributed by atoms with Crippen LogP contribution in [-0.2, 0) is 0 Å². The van der Waals surface area contributed by atoms with Crippen molar-refractivity contribution in [2.45, 2.75) is 38.5 Å². The highest BCUT2D eigenvalue weighted by atomic mass is 32.1. The van der Waals surface area contributed by atoms with Crippen molar-refractivity contribution in [1.82, 2.24) is 5.32 Å². The lowest BCUT2D eigenvalue weighted by atomic mass is 10.0. The number of amides is 1. The van der Waals surface area contributed by atoms with E-state index in [0.29, 0.717) is 10.6 Å². The number of thiocarbonyl (C=S) groups is 1. The molecule has 0 saturated heterocycles. The minimum Gasteiger partial charge on any atom is -0.389 e. The number of carbonyl (C=O) groups excluding carboxylic acids is 1. The van der Waals surface area contributed by atoms with Crippen molar-refractivity contribution >= 4 is 23.1 Å². The molecule has 3 N–H and O–H groups in total. The third kappa shape index (κ3) is 4.30. The molecule has 0 aliphatic heterocycles. The van der Waals surface area contributed by atoms with Crippen LogP contribution in [0.3, 0.4) is 0 Å². The fourth-order valence-corrected chi connectivity index (χ4v) is 2.93. The van der Waals surface area contributed by atoms with Crippen LogP contribution < -0.4 is 11.1 Å². The summed E-state index contributed by atoms with van der Waals surface area (Å²) in [6.07, 6.45) is 7.78. The van der Waals surface area contributed by atoms with Gasteiger partial charge in [-0.05, 0) is 30.9 Å². The van der Waals surface area contributed by atoms with Crippen molar-refractivity contribution in [3.05, 3.63) is 35.4 Å². The van der Waals surface area contributed by atoms with E-state index in [0.717, 1.165) is 24.4 Å². The highest BCUT2D eigenvalue weighted by molar-refractivity contribution is 7.80. The zero-order chi connectivity index (χ0) is 14.4. The Morgan fingerprint density at radius 1 is 1.30 bits per heavy atom. The van der Waals surface area contributed by atoms with Crippen molar-refractivity contribution in [1.29, 1.82) is 0 Å². The van der Waals surface area contributed by atoms with Crippen LogP contribution in [0.4, 0.5) is 0 Å². The van der Waals surface area contributed by atoms with Gasteiger partial charge in [-0.3, -0.25) is 4.79 Å². The molecule has 1 fully saturated rings. The summed E-state index contributed by atoms with van der Waals surface area (Å²) >= 11 is 4.92. The topological polar surface area (TPSA) is 55.1 Å². The number of hydrogen-bond acceptors (Lipinski definition) is 2. The van der Waals surface area contributed by atoms with Gasteiger partial charge in [-0.25, -0.2) is 0 Å². The van der Waals surface area contributed by atoms with Crippen molar-refractivity contribution in [3.8, 4) is 0 Å². The largest absolute Gasteiger partial charge is 0.389 e. The predicted octanol–water partition coefficient (Wildman–Crippen LogP) is 3.02. The third-order valence-corrected chi connectivity index (χ3v) is 4.19. The lowest BCUT2D eigenvalue weighted by Crippen LogP contribution is -2.25. The molecule has 1 amide bonds. The van der Waals surface area contributed by atoms with E-state index in [1.165, 1.54) is 32.1 Å². The lowest BCUT2D eigenvalue weighted by Gasteiger charge is -2.09. The molecule has 0 radical (unpaired) electrons. The number of hydrogen-bond donors (Lipinski definition) is 2. The molecule has 0 spiro atoms. The summed E-state index contributed by atoms with van der Waals surface area (Å²) in [4.78, 5) is 12.3. The highest BCUT2D eigenvalue weighted by Gasteiger charge is 2.14. The van der Waals surface area contributed by atoms with E-state index in [4.69, 9.17) is 18.0 Å². The minimum atomic E-state index is -0.0467. The molecule has 1 aliphatic rings. The number of rotatable bonds is 6. The minimum absolute atomic E-state index is 0.0467. The Bertz CT molecular complexity index is 481. The van der Waals surface area contributed by atoms with Crippen LogP contribution in [0, 0.1) is 5.92 Å². The van der Waals surface area contributed by atoms with Crippen LogP contribution in [0.1, 0.15) is 54.4 Å². The first-order valence-electron chi connectivity index (χ1n) is 7.35. The molecule has 20 heavy (non-hydrogen) atoms. The second kappa shape index (κ2) is 7.39. The SMILES string of the molecule is NC(=S)c1cccc(C(=O)NCCCC2CCCC2)c1. The summed E-state index contributed by atoms with van der Waals surface area (Å²) in [6.45, 7) is 0.743. The van der Waals surface area contributed by atoms with Gasteiger partial charge in [-0.1, -0.05) is 50.0 Å². The van der Waals surface area contributed by atoms with Gasteiger partial charge in [-0.2, -0.15) is 0 Å². The molecule has 1 aromatic rings. The smallest absolute Gasteiger partial charge is 0.251 e. The second-order valence-corrected chi connectivity index (χ2v) is 5.93. The molecule has 0 unspecified atom stereocenters. The van der Waals surface area contributed by atoms with Gasteiger partial charge < -0.3 is 11.1 Å². The number of nitrogens with one attached hydrogen (secondary N) is 1. The Labute approximate surface area is 125 Å². The van der Waals surface area contributed by atoms with E-state index >= 15 is 0 Å². The average molecular weight is 290 g/mol. The summed E-state index contributed by atoms with van der Waals surface area (Å²) in [7, 11) is 0. The molecule has 0 aromatic heterocycles. The fourth-order valence-electron chi connectivity index (χ4n) is 2.81. The maximum atomic E-state index is 12.0. The first-order valence-corrected chi connectivity index (χ1v) is 7.75. The molecule has 1 aromatic carbocycles. The normalized spacial score (nSPS) is 15.2. The van der Waals surface area contributed by atoms with Gasteiger partial charge in [0.15, 0.2) is 0 Å². The predicted molar refractivity (Wildman–Crippen MR) is 85.9 cm³/mol. The quantitative estimate of drug-likeness (QED) is 0.625. The molecule has 108 valence electrons. The summed E-state index contributed by atoms with van der Waals surface area (Å²) in [5.74, 6) is 0.833. The first kappa shape index (κ1) is 15.0. The maximum Gasteiger partial charge on any atom is 0.251 e. The lowest BCUT2D eigenvalue weighted by molar-refractivity contribution is 0.0952. The van der Waals surface area contributed by atoms with Gasteiger partial charge in [0.05, 0.1) is 0 Å². The van der Waals surface area contributed by atoms with E-state index in [2.05, 4.69) is 5.32 Å². The number of carbonyl (C=O) groups is 1. The Kier molecular flexibility index (Phi) is 5.53. The average Bonchev–Trinajstić information content (AvgIpc) is 2.96. The van der Waals surface area contributed by atoms with Crippen molar-refractivity contribution < 1.29 is 4.79 Å². The molecule has 2 rings (SSSR count). The third-order valence-electron chi connectivity index (χ3n) is 3.96. The van der Waals surface area contributed by atoms with Gasteiger partial charge in [0, 0.05) is 17.7 Å². The fraction of sp³-hybridized carbons (Fsp3) is 0.500. The monoisotopic (exact) mass is 290 g/mol. The molecule has 1 saturated carbocycles.